The Morgan fingerprint density at radius 3 is 2.08 bits per heavy atom. The van der Waals surface area contributed by atoms with Gasteiger partial charge < -0.3 is 0 Å². The molecule has 26 heavy (non-hydrogen) atoms. The van der Waals surface area contributed by atoms with Crippen LogP contribution in [-0.4, -0.2) is 16.8 Å². The number of nitrogens with one attached hydrogen (secondary N) is 2. The molecule has 0 bridgehead atoms. The minimum atomic E-state index is -0.489. The zero-order valence-electron chi connectivity index (χ0n) is 13.8. The Morgan fingerprint density at radius 1 is 0.808 bits per heavy atom. The van der Waals surface area contributed by atoms with Crippen molar-refractivity contribution in [3.05, 3.63) is 96.3 Å². The highest BCUT2D eigenvalue weighted by Gasteiger charge is 2.22. The fourth-order valence-electron chi connectivity index (χ4n) is 2.30. The molecule has 0 radical (unpaired) electrons. The molecule has 0 aliphatic carbocycles. The molecule has 3 aromatic rings. The second-order valence-electron chi connectivity index (χ2n) is 5.40. The van der Waals surface area contributed by atoms with E-state index in [1.54, 1.807) is 12.1 Å². The number of carbonyl (C=O) groups excluding carboxylic acids is 2. The van der Waals surface area contributed by atoms with E-state index in [2.05, 4.69) is 15.8 Å². The number of hydrazine groups is 1. The van der Waals surface area contributed by atoms with Crippen molar-refractivity contribution in [2.45, 2.75) is 10.1 Å². The van der Waals surface area contributed by atoms with Gasteiger partial charge in [0.25, 0.3) is 11.8 Å². The van der Waals surface area contributed by atoms with E-state index in [9.17, 15) is 9.59 Å². The van der Waals surface area contributed by atoms with Gasteiger partial charge in [0, 0.05) is 22.9 Å². The molecule has 1 aromatic heterocycles. The number of thioether (sulfide) groups is 1. The third-order valence-electron chi connectivity index (χ3n) is 3.58. The smallest absolute Gasteiger partial charge is 0.269 e. The molecule has 6 heteroatoms. The average Bonchev–Trinajstić information content (AvgIpc) is 2.72. The normalized spacial score (nSPS) is 11.4. The monoisotopic (exact) mass is 363 g/mol. The lowest BCUT2D eigenvalue weighted by Gasteiger charge is -2.17. The summed E-state index contributed by atoms with van der Waals surface area (Å²) in [4.78, 5) is 29.7. The summed E-state index contributed by atoms with van der Waals surface area (Å²) in [5.74, 6) is -0.690. The van der Waals surface area contributed by atoms with E-state index in [0.717, 1.165) is 10.5 Å². The summed E-state index contributed by atoms with van der Waals surface area (Å²) in [5, 5.41) is -0.489. The lowest BCUT2D eigenvalue weighted by molar-refractivity contribution is -0.121. The predicted octanol–water partition coefficient (Wildman–Crippen LogP) is 3.38. The van der Waals surface area contributed by atoms with Crippen molar-refractivity contribution < 1.29 is 9.59 Å². The van der Waals surface area contributed by atoms with E-state index in [-0.39, 0.29) is 5.91 Å². The number of aromatic nitrogens is 1. The van der Waals surface area contributed by atoms with Crippen molar-refractivity contribution in [1.82, 2.24) is 15.8 Å². The number of carbonyl (C=O) groups is 2. The van der Waals surface area contributed by atoms with Gasteiger partial charge in [-0.25, -0.2) is 0 Å². The Labute approximate surface area is 155 Å². The first kappa shape index (κ1) is 17.7. The first-order chi connectivity index (χ1) is 12.7. The van der Waals surface area contributed by atoms with Crippen molar-refractivity contribution in [3.8, 4) is 0 Å². The van der Waals surface area contributed by atoms with Gasteiger partial charge in [0.05, 0.1) is 0 Å². The number of hydrogen-bond donors (Lipinski definition) is 2. The summed E-state index contributed by atoms with van der Waals surface area (Å²) < 4.78 is 0. The lowest BCUT2D eigenvalue weighted by atomic mass is 10.1. The Balaban J connectivity index is 1.72. The molecule has 0 saturated heterocycles. The first-order valence-electron chi connectivity index (χ1n) is 8.01. The van der Waals surface area contributed by atoms with Gasteiger partial charge >= 0.3 is 0 Å². The molecule has 130 valence electrons. The molecule has 2 amide bonds. The van der Waals surface area contributed by atoms with Crippen LogP contribution < -0.4 is 10.9 Å². The van der Waals surface area contributed by atoms with Crippen molar-refractivity contribution in [3.63, 3.8) is 0 Å². The fourth-order valence-corrected chi connectivity index (χ4v) is 3.34. The fraction of sp³-hybridized carbons (Fsp3) is 0.0500. The molecule has 3 rings (SSSR count). The Hall–Kier alpha value is -3.12. The van der Waals surface area contributed by atoms with E-state index >= 15 is 0 Å². The average molecular weight is 363 g/mol. The molecule has 0 unspecified atom stereocenters. The highest BCUT2D eigenvalue weighted by atomic mass is 32.2. The van der Waals surface area contributed by atoms with Gasteiger partial charge in [-0.15, -0.1) is 11.8 Å². The van der Waals surface area contributed by atoms with Crippen LogP contribution in [0.1, 0.15) is 21.2 Å². The summed E-state index contributed by atoms with van der Waals surface area (Å²) in [7, 11) is 0. The van der Waals surface area contributed by atoms with Crippen LogP contribution in [0, 0.1) is 0 Å². The van der Waals surface area contributed by atoms with Crippen LogP contribution in [-0.2, 0) is 4.79 Å². The molecule has 0 saturated carbocycles. The van der Waals surface area contributed by atoms with Crippen LogP contribution in [0.3, 0.4) is 0 Å². The van der Waals surface area contributed by atoms with E-state index in [1.807, 2.05) is 60.7 Å². The molecular weight excluding hydrogens is 346 g/mol. The third kappa shape index (κ3) is 4.70. The van der Waals surface area contributed by atoms with Crippen molar-refractivity contribution >= 4 is 23.6 Å². The molecule has 0 aliphatic heterocycles. The van der Waals surface area contributed by atoms with Gasteiger partial charge in [-0.3, -0.25) is 25.4 Å². The minimum absolute atomic E-state index is 0.299. The second kappa shape index (κ2) is 8.82. The second-order valence-corrected chi connectivity index (χ2v) is 6.58. The third-order valence-corrected chi connectivity index (χ3v) is 4.85. The molecule has 5 nitrogen and oxygen atoms in total. The van der Waals surface area contributed by atoms with Crippen molar-refractivity contribution in [2.24, 2.45) is 0 Å². The van der Waals surface area contributed by atoms with Crippen LogP contribution >= 0.6 is 11.8 Å². The SMILES string of the molecule is O=C(NNC(=O)[C@@H](Sc1ccccc1)c1ccccc1)c1ccncc1. The summed E-state index contributed by atoms with van der Waals surface area (Å²) in [6, 6.07) is 22.3. The van der Waals surface area contributed by atoms with Crippen LogP contribution in [0.5, 0.6) is 0 Å². The summed E-state index contributed by atoms with van der Waals surface area (Å²) in [5.41, 5.74) is 6.26. The summed E-state index contributed by atoms with van der Waals surface area (Å²) in [6.45, 7) is 0. The van der Waals surface area contributed by atoms with Gasteiger partial charge in [-0.05, 0) is 29.8 Å². The maximum absolute atomic E-state index is 12.7. The number of benzene rings is 2. The summed E-state index contributed by atoms with van der Waals surface area (Å²) >= 11 is 1.42. The molecule has 0 aliphatic rings. The Morgan fingerprint density at radius 2 is 1.42 bits per heavy atom. The zero-order valence-corrected chi connectivity index (χ0v) is 14.6. The van der Waals surface area contributed by atoms with Crippen LogP contribution in [0.2, 0.25) is 0 Å². The standard InChI is InChI=1S/C20H17N3O2S/c24-19(16-11-13-21-14-12-16)22-23-20(25)18(15-7-3-1-4-8-15)26-17-9-5-2-6-10-17/h1-14,18H,(H,22,24)(H,23,25)/t18-/m0/s1. The first-order valence-corrected chi connectivity index (χ1v) is 8.89. The number of amides is 2. The van der Waals surface area contributed by atoms with Gasteiger partial charge in [0.15, 0.2) is 0 Å². The Kier molecular flexibility index (Phi) is 6.01. The molecule has 1 atom stereocenters. The van der Waals surface area contributed by atoms with Gasteiger partial charge in [-0.1, -0.05) is 48.5 Å². The molecule has 1 heterocycles. The largest absolute Gasteiger partial charge is 0.272 e. The zero-order chi connectivity index (χ0) is 18.2. The van der Waals surface area contributed by atoms with E-state index in [4.69, 9.17) is 0 Å². The van der Waals surface area contributed by atoms with Crippen molar-refractivity contribution in [1.29, 1.82) is 0 Å². The van der Waals surface area contributed by atoms with Crippen LogP contribution in [0.4, 0.5) is 0 Å². The van der Waals surface area contributed by atoms with Crippen LogP contribution in [0.15, 0.2) is 90.1 Å². The molecule has 0 spiro atoms. The molecular formula is C20H17N3O2S. The number of nitrogens with zero attached hydrogens (tertiary/aromatic N) is 1. The number of rotatable bonds is 5. The van der Waals surface area contributed by atoms with E-state index in [0.29, 0.717) is 5.56 Å². The minimum Gasteiger partial charge on any atom is -0.272 e. The molecule has 0 fully saturated rings. The Bertz CT molecular complexity index is 858. The topological polar surface area (TPSA) is 71.1 Å². The highest BCUT2D eigenvalue weighted by Crippen LogP contribution is 2.35. The van der Waals surface area contributed by atoms with Crippen LogP contribution in [0.25, 0.3) is 0 Å². The molecule has 2 aromatic carbocycles. The maximum atomic E-state index is 12.7. The van der Waals surface area contributed by atoms with Gasteiger partial charge in [0.2, 0.25) is 0 Å². The molecule has 2 N–H and O–H groups in total. The number of pyridine rings is 1. The summed E-state index contributed by atoms with van der Waals surface area (Å²) in [6.07, 6.45) is 3.05. The predicted molar refractivity (Wildman–Crippen MR) is 101 cm³/mol. The maximum Gasteiger partial charge on any atom is 0.269 e. The van der Waals surface area contributed by atoms with E-state index in [1.165, 1.54) is 24.2 Å². The quantitative estimate of drug-likeness (QED) is 0.538. The van der Waals surface area contributed by atoms with Crippen molar-refractivity contribution in [2.75, 3.05) is 0 Å². The highest BCUT2D eigenvalue weighted by molar-refractivity contribution is 8.00. The van der Waals surface area contributed by atoms with E-state index < -0.39 is 11.2 Å². The van der Waals surface area contributed by atoms with Gasteiger partial charge in [0.1, 0.15) is 5.25 Å². The lowest BCUT2D eigenvalue weighted by Crippen LogP contribution is -2.43. The van der Waals surface area contributed by atoms with Gasteiger partial charge in [-0.2, -0.15) is 0 Å². The number of hydrogen-bond acceptors (Lipinski definition) is 4.